The molecule has 2 aromatic rings. The number of hydrogen-bond acceptors (Lipinski definition) is 5. The molecule has 0 atom stereocenters. The average molecular weight is 206 g/mol. The van der Waals surface area contributed by atoms with E-state index >= 15 is 0 Å². The summed E-state index contributed by atoms with van der Waals surface area (Å²) in [5.74, 6) is -1.92. The number of H-pyrrole nitrogens is 1. The Balaban J connectivity index is 2.80. The lowest BCUT2D eigenvalue weighted by Gasteiger charge is -1.98. The van der Waals surface area contributed by atoms with Crippen molar-refractivity contribution in [1.29, 1.82) is 0 Å². The number of nitrogens with one attached hydrogen (secondary N) is 1. The Labute approximate surface area is 82.7 Å². The summed E-state index contributed by atoms with van der Waals surface area (Å²) in [6.45, 7) is 0. The maximum absolute atomic E-state index is 11.0. The van der Waals surface area contributed by atoms with Crippen LogP contribution in [0.25, 0.3) is 11.2 Å². The van der Waals surface area contributed by atoms with E-state index < -0.39 is 11.8 Å². The molecule has 15 heavy (non-hydrogen) atoms. The molecule has 2 amide bonds. The van der Waals surface area contributed by atoms with Crippen molar-refractivity contribution in [2.24, 2.45) is 11.5 Å². The average Bonchev–Trinajstić information content (AvgIpc) is 2.62. The van der Waals surface area contributed by atoms with Gasteiger partial charge in [0.25, 0.3) is 11.8 Å². The topological polar surface area (TPSA) is 141 Å². The van der Waals surface area contributed by atoms with Gasteiger partial charge in [0.05, 0.1) is 6.33 Å². The summed E-state index contributed by atoms with van der Waals surface area (Å²) in [7, 11) is 0. The minimum absolute atomic E-state index is 0.105. The molecule has 0 aromatic carbocycles. The van der Waals surface area contributed by atoms with Crippen LogP contribution >= 0.6 is 0 Å². The first-order chi connectivity index (χ1) is 7.09. The smallest absolute Gasteiger partial charge is 0.286 e. The van der Waals surface area contributed by atoms with Crippen molar-refractivity contribution in [3.63, 3.8) is 0 Å². The van der Waals surface area contributed by atoms with Crippen LogP contribution in [0.4, 0.5) is 0 Å². The minimum Gasteiger partial charge on any atom is -0.364 e. The van der Waals surface area contributed by atoms with Crippen molar-refractivity contribution in [2.45, 2.75) is 0 Å². The first-order valence-corrected chi connectivity index (χ1v) is 3.90. The standard InChI is InChI=1S/C7H6N6O2/c8-4(14)2-3-6(11-1-10-3)13-7(12-2)5(9)15/h1H,(H2,8,14)(H2,9,15)(H,10,11,12,13). The number of aromatic amines is 1. The molecule has 0 saturated heterocycles. The fraction of sp³-hybridized carbons (Fsp3) is 0. The number of carbonyl (C=O) groups is 2. The van der Waals surface area contributed by atoms with Gasteiger partial charge < -0.3 is 16.5 Å². The SMILES string of the molecule is NC(=O)c1nc(C(N)=O)c2[nH]cnc2n1. The van der Waals surface area contributed by atoms with Gasteiger partial charge in [0, 0.05) is 0 Å². The van der Waals surface area contributed by atoms with Crippen LogP contribution < -0.4 is 11.5 Å². The molecule has 0 aliphatic carbocycles. The predicted octanol–water partition coefficient (Wildman–Crippen LogP) is -1.45. The Hall–Kier alpha value is -2.51. The summed E-state index contributed by atoms with van der Waals surface area (Å²) < 4.78 is 0. The van der Waals surface area contributed by atoms with Gasteiger partial charge in [-0.3, -0.25) is 9.59 Å². The summed E-state index contributed by atoms with van der Waals surface area (Å²) in [6, 6.07) is 0. The third-order valence-corrected chi connectivity index (χ3v) is 1.74. The summed E-state index contributed by atoms with van der Waals surface area (Å²) in [6.07, 6.45) is 1.32. The first kappa shape index (κ1) is 9.06. The Kier molecular flexibility index (Phi) is 1.82. The Bertz CT molecular complexity index is 560. The van der Waals surface area contributed by atoms with Gasteiger partial charge >= 0.3 is 0 Å². The van der Waals surface area contributed by atoms with Gasteiger partial charge in [0.2, 0.25) is 5.82 Å². The van der Waals surface area contributed by atoms with Crippen LogP contribution in [0.15, 0.2) is 6.33 Å². The fourth-order valence-corrected chi connectivity index (χ4v) is 1.12. The molecule has 2 rings (SSSR count). The minimum atomic E-state index is -0.845. The van der Waals surface area contributed by atoms with Crippen LogP contribution in [0.1, 0.15) is 21.1 Å². The molecular formula is C7H6N6O2. The number of nitrogens with two attached hydrogens (primary N) is 2. The molecule has 2 heterocycles. The lowest BCUT2D eigenvalue weighted by atomic mass is 10.3. The van der Waals surface area contributed by atoms with Crippen LogP contribution in [0.2, 0.25) is 0 Å². The van der Waals surface area contributed by atoms with Crippen molar-refractivity contribution >= 4 is 23.0 Å². The van der Waals surface area contributed by atoms with E-state index in [4.69, 9.17) is 11.5 Å². The molecule has 0 saturated carbocycles. The maximum atomic E-state index is 11.0. The number of aromatic nitrogens is 4. The summed E-state index contributed by atoms with van der Waals surface area (Å²) >= 11 is 0. The number of imidazole rings is 1. The number of carbonyl (C=O) groups excluding carboxylic acids is 2. The van der Waals surface area contributed by atoms with Crippen molar-refractivity contribution in [3.05, 3.63) is 17.8 Å². The second kappa shape index (κ2) is 3.01. The van der Waals surface area contributed by atoms with E-state index in [-0.39, 0.29) is 22.7 Å². The molecule has 0 aliphatic heterocycles. The van der Waals surface area contributed by atoms with Gasteiger partial charge in [-0.15, -0.1) is 0 Å². The second-order valence-electron chi connectivity index (χ2n) is 2.73. The molecule has 2 aromatic heterocycles. The van der Waals surface area contributed by atoms with E-state index in [2.05, 4.69) is 19.9 Å². The number of nitrogens with zero attached hydrogens (tertiary/aromatic N) is 3. The van der Waals surface area contributed by atoms with E-state index in [1.807, 2.05) is 0 Å². The Morgan fingerprint density at radius 2 is 1.93 bits per heavy atom. The van der Waals surface area contributed by atoms with Gasteiger partial charge in [-0.05, 0) is 0 Å². The molecule has 0 spiro atoms. The quantitative estimate of drug-likeness (QED) is 0.551. The Morgan fingerprint density at radius 3 is 2.53 bits per heavy atom. The molecule has 0 fully saturated rings. The van der Waals surface area contributed by atoms with Crippen LogP contribution in [0, 0.1) is 0 Å². The molecule has 0 unspecified atom stereocenters. The highest BCUT2D eigenvalue weighted by atomic mass is 16.2. The molecule has 0 radical (unpaired) electrons. The van der Waals surface area contributed by atoms with Crippen molar-refractivity contribution in [2.75, 3.05) is 0 Å². The zero-order valence-corrected chi connectivity index (χ0v) is 7.39. The van der Waals surface area contributed by atoms with Crippen molar-refractivity contribution in [3.8, 4) is 0 Å². The molecule has 0 aliphatic rings. The third kappa shape index (κ3) is 1.37. The second-order valence-corrected chi connectivity index (χ2v) is 2.73. The predicted molar refractivity (Wildman–Crippen MR) is 48.7 cm³/mol. The molecular weight excluding hydrogens is 200 g/mol. The van der Waals surface area contributed by atoms with Gasteiger partial charge in [-0.1, -0.05) is 0 Å². The molecule has 5 N–H and O–H groups in total. The highest BCUT2D eigenvalue weighted by Crippen LogP contribution is 2.10. The van der Waals surface area contributed by atoms with Crippen molar-refractivity contribution < 1.29 is 9.59 Å². The third-order valence-electron chi connectivity index (χ3n) is 1.74. The normalized spacial score (nSPS) is 10.4. The fourth-order valence-electron chi connectivity index (χ4n) is 1.12. The molecule has 0 bridgehead atoms. The maximum Gasteiger partial charge on any atom is 0.286 e. The largest absolute Gasteiger partial charge is 0.364 e. The van der Waals surface area contributed by atoms with E-state index in [0.29, 0.717) is 0 Å². The van der Waals surface area contributed by atoms with E-state index in [1.165, 1.54) is 6.33 Å². The summed E-state index contributed by atoms with van der Waals surface area (Å²) in [5.41, 5.74) is 10.4. The first-order valence-electron chi connectivity index (χ1n) is 3.90. The van der Waals surface area contributed by atoms with Crippen LogP contribution in [0.5, 0.6) is 0 Å². The zero-order valence-electron chi connectivity index (χ0n) is 7.39. The highest BCUT2D eigenvalue weighted by Gasteiger charge is 2.16. The molecule has 76 valence electrons. The number of rotatable bonds is 2. The zero-order chi connectivity index (χ0) is 11.0. The van der Waals surface area contributed by atoms with E-state index in [9.17, 15) is 9.59 Å². The Morgan fingerprint density at radius 1 is 1.20 bits per heavy atom. The van der Waals surface area contributed by atoms with Crippen LogP contribution in [0.3, 0.4) is 0 Å². The lowest BCUT2D eigenvalue weighted by Crippen LogP contribution is -2.20. The number of primary amides is 2. The monoisotopic (exact) mass is 206 g/mol. The number of hydrogen-bond donors (Lipinski definition) is 3. The van der Waals surface area contributed by atoms with Gasteiger partial charge in [0.1, 0.15) is 5.52 Å². The lowest BCUT2D eigenvalue weighted by molar-refractivity contribution is 0.0989. The van der Waals surface area contributed by atoms with E-state index in [0.717, 1.165) is 0 Å². The van der Waals surface area contributed by atoms with E-state index in [1.54, 1.807) is 0 Å². The molecule has 8 nitrogen and oxygen atoms in total. The summed E-state index contributed by atoms with van der Waals surface area (Å²) in [4.78, 5) is 35.7. The number of amides is 2. The van der Waals surface area contributed by atoms with Crippen LogP contribution in [-0.4, -0.2) is 31.8 Å². The van der Waals surface area contributed by atoms with Crippen LogP contribution in [-0.2, 0) is 0 Å². The number of fused-ring (bicyclic) bond motifs is 1. The van der Waals surface area contributed by atoms with Gasteiger partial charge in [-0.2, -0.15) is 0 Å². The van der Waals surface area contributed by atoms with Crippen molar-refractivity contribution in [1.82, 2.24) is 19.9 Å². The van der Waals surface area contributed by atoms with Gasteiger partial charge in [-0.25, -0.2) is 15.0 Å². The molecule has 8 heteroatoms. The summed E-state index contributed by atoms with van der Waals surface area (Å²) in [5, 5.41) is 0. The highest BCUT2D eigenvalue weighted by molar-refractivity contribution is 6.02. The van der Waals surface area contributed by atoms with Gasteiger partial charge in [0.15, 0.2) is 11.3 Å².